The molecule has 2 N–H and O–H groups in total. The van der Waals surface area contributed by atoms with Crippen molar-refractivity contribution < 1.29 is 13.2 Å². The lowest BCUT2D eigenvalue weighted by atomic mass is 10.2. The van der Waals surface area contributed by atoms with Crippen molar-refractivity contribution in [2.24, 2.45) is 0 Å². The first-order valence-electron chi connectivity index (χ1n) is 5.68. The summed E-state index contributed by atoms with van der Waals surface area (Å²) in [6.45, 7) is 0.385. The van der Waals surface area contributed by atoms with Gasteiger partial charge in [-0.25, -0.2) is 9.97 Å². The lowest BCUT2D eigenvalue weighted by molar-refractivity contribution is -0.144. The molecule has 0 bridgehead atoms. The quantitative estimate of drug-likeness (QED) is 0.934. The summed E-state index contributed by atoms with van der Waals surface area (Å²) < 4.78 is 37.9. The van der Waals surface area contributed by atoms with Crippen LogP contribution in [0.3, 0.4) is 0 Å². The molecular weight excluding hydrogens is 271 g/mol. The maximum absolute atomic E-state index is 12.6. The van der Waals surface area contributed by atoms with Gasteiger partial charge in [0.15, 0.2) is 0 Å². The van der Waals surface area contributed by atoms with Gasteiger partial charge in [0.1, 0.15) is 11.6 Å². The Morgan fingerprint density at radius 2 is 1.85 bits per heavy atom. The Balaban J connectivity index is 2.26. The molecule has 8 heteroatoms. The maximum Gasteiger partial charge on any atom is 0.451 e. The Kier molecular flexibility index (Phi) is 3.73. The summed E-state index contributed by atoms with van der Waals surface area (Å²) in [5.74, 6) is -1.35. The number of nitrogens with zero attached hydrogens (tertiary/aromatic N) is 4. The SMILES string of the molecule is CN(Cc1ccncc1)c1cc(N)nc(C(F)(F)F)n1. The summed E-state index contributed by atoms with van der Waals surface area (Å²) in [4.78, 5) is 12.1. The number of nitrogen functional groups attached to an aromatic ring is 1. The van der Waals surface area contributed by atoms with Crippen LogP contribution in [0.1, 0.15) is 11.4 Å². The molecule has 0 aliphatic heterocycles. The molecule has 106 valence electrons. The number of pyridine rings is 1. The summed E-state index contributed by atoms with van der Waals surface area (Å²) in [6, 6.07) is 4.84. The number of alkyl halides is 3. The number of hydrogen-bond acceptors (Lipinski definition) is 5. The highest BCUT2D eigenvalue weighted by molar-refractivity contribution is 5.47. The van der Waals surface area contributed by atoms with Crippen molar-refractivity contribution in [1.82, 2.24) is 15.0 Å². The average molecular weight is 283 g/mol. The number of anilines is 2. The normalized spacial score (nSPS) is 11.4. The Morgan fingerprint density at radius 1 is 1.20 bits per heavy atom. The van der Waals surface area contributed by atoms with Crippen LogP contribution < -0.4 is 10.6 Å². The van der Waals surface area contributed by atoms with Gasteiger partial charge < -0.3 is 10.6 Å². The number of rotatable bonds is 3. The van der Waals surface area contributed by atoms with Crippen molar-refractivity contribution in [2.75, 3.05) is 17.7 Å². The number of aromatic nitrogens is 3. The zero-order chi connectivity index (χ0) is 14.8. The molecule has 0 saturated carbocycles. The smallest absolute Gasteiger partial charge is 0.384 e. The van der Waals surface area contributed by atoms with E-state index in [1.54, 1.807) is 36.5 Å². The van der Waals surface area contributed by atoms with Crippen molar-refractivity contribution in [3.8, 4) is 0 Å². The van der Waals surface area contributed by atoms with Gasteiger partial charge in [-0.1, -0.05) is 0 Å². The highest BCUT2D eigenvalue weighted by atomic mass is 19.4. The fourth-order valence-corrected chi connectivity index (χ4v) is 1.62. The van der Waals surface area contributed by atoms with Gasteiger partial charge in [-0.2, -0.15) is 13.2 Å². The fourth-order valence-electron chi connectivity index (χ4n) is 1.62. The van der Waals surface area contributed by atoms with E-state index in [0.29, 0.717) is 6.54 Å². The molecule has 0 aromatic carbocycles. The van der Waals surface area contributed by atoms with Crippen LogP contribution in [0.2, 0.25) is 0 Å². The first-order chi connectivity index (χ1) is 9.36. The van der Waals surface area contributed by atoms with E-state index in [0.717, 1.165) is 5.56 Å². The first kappa shape index (κ1) is 14.0. The van der Waals surface area contributed by atoms with E-state index in [1.165, 1.54) is 6.07 Å². The van der Waals surface area contributed by atoms with Gasteiger partial charge in [0, 0.05) is 32.1 Å². The second-order valence-corrected chi connectivity index (χ2v) is 4.18. The van der Waals surface area contributed by atoms with Crippen LogP contribution in [0.5, 0.6) is 0 Å². The van der Waals surface area contributed by atoms with Crippen LogP contribution in [-0.4, -0.2) is 22.0 Å². The molecule has 2 aromatic rings. The van der Waals surface area contributed by atoms with Gasteiger partial charge in [-0.15, -0.1) is 0 Å². The molecule has 0 radical (unpaired) electrons. The summed E-state index contributed by atoms with van der Waals surface area (Å²) >= 11 is 0. The van der Waals surface area contributed by atoms with Crippen molar-refractivity contribution >= 4 is 11.6 Å². The van der Waals surface area contributed by atoms with Crippen LogP contribution in [0.25, 0.3) is 0 Å². The van der Waals surface area contributed by atoms with Gasteiger partial charge >= 0.3 is 6.18 Å². The lowest BCUT2D eigenvalue weighted by Crippen LogP contribution is -2.21. The molecule has 2 aromatic heterocycles. The Labute approximate surface area is 113 Å². The third-order valence-corrected chi connectivity index (χ3v) is 2.55. The molecule has 0 aliphatic carbocycles. The van der Waals surface area contributed by atoms with Crippen molar-refractivity contribution in [3.05, 3.63) is 42.0 Å². The summed E-state index contributed by atoms with van der Waals surface area (Å²) in [5, 5.41) is 0. The zero-order valence-electron chi connectivity index (χ0n) is 10.6. The van der Waals surface area contributed by atoms with Crippen molar-refractivity contribution in [3.63, 3.8) is 0 Å². The molecule has 0 atom stereocenters. The highest BCUT2D eigenvalue weighted by Gasteiger charge is 2.35. The standard InChI is InChI=1S/C12H12F3N5/c1-20(7-8-2-4-17-5-3-8)10-6-9(16)18-11(19-10)12(13,14)15/h2-6H,7H2,1H3,(H2,16,18,19). The summed E-state index contributed by atoms with van der Waals surface area (Å²) in [6.07, 6.45) is -1.40. The van der Waals surface area contributed by atoms with E-state index in [1.807, 2.05) is 0 Å². The van der Waals surface area contributed by atoms with Gasteiger partial charge in [0.05, 0.1) is 0 Å². The molecular formula is C12H12F3N5. The molecule has 0 fully saturated rings. The number of halogens is 3. The molecule has 0 saturated heterocycles. The maximum atomic E-state index is 12.6. The average Bonchev–Trinajstić information content (AvgIpc) is 2.38. The number of hydrogen-bond donors (Lipinski definition) is 1. The topological polar surface area (TPSA) is 67.9 Å². The molecule has 0 amide bonds. The lowest BCUT2D eigenvalue weighted by Gasteiger charge is -2.19. The Hall–Kier alpha value is -2.38. The first-order valence-corrected chi connectivity index (χ1v) is 5.68. The fraction of sp³-hybridized carbons (Fsp3) is 0.250. The van der Waals surface area contributed by atoms with E-state index in [2.05, 4.69) is 15.0 Å². The monoisotopic (exact) mass is 283 g/mol. The molecule has 0 unspecified atom stereocenters. The molecule has 2 rings (SSSR count). The van der Waals surface area contributed by atoms with Crippen molar-refractivity contribution in [1.29, 1.82) is 0 Å². The van der Waals surface area contributed by atoms with E-state index in [-0.39, 0.29) is 11.6 Å². The van der Waals surface area contributed by atoms with Crippen LogP contribution in [0.15, 0.2) is 30.6 Å². The second-order valence-electron chi connectivity index (χ2n) is 4.18. The van der Waals surface area contributed by atoms with Gasteiger partial charge in [0.25, 0.3) is 0 Å². The molecule has 5 nitrogen and oxygen atoms in total. The van der Waals surface area contributed by atoms with Gasteiger partial charge in [-0.3, -0.25) is 4.98 Å². The minimum atomic E-state index is -4.62. The van der Waals surface area contributed by atoms with Crippen molar-refractivity contribution in [2.45, 2.75) is 12.7 Å². The minimum absolute atomic E-state index is 0.113. The molecule has 2 heterocycles. The molecule has 20 heavy (non-hydrogen) atoms. The predicted molar refractivity (Wildman–Crippen MR) is 67.8 cm³/mol. The zero-order valence-corrected chi connectivity index (χ0v) is 10.6. The third-order valence-electron chi connectivity index (χ3n) is 2.55. The van der Waals surface area contributed by atoms with Crippen LogP contribution >= 0.6 is 0 Å². The van der Waals surface area contributed by atoms with Crippen LogP contribution in [0, 0.1) is 0 Å². The van der Waals surface area contributed by atoms with E-state index in [4.69, 9.17) is 5.73 Å². The number of nitrogens with two attached hydrogens (primary N) is 1. The minimum Gasteiger partial charge on any atom is -0.384 e. The second kappa shape index (κ2) is 5.32. The highest BCUT2D eigenvalue weighted by Crippen LogP contribution is 2.28. The Bertz CT molecular complexity index is 585. The summed E-state index contributed by atoms with van der Waals surface area (Å²) in [5.41, 5.74) is 6.30. The van der Waals surface area contributed by atoms with Gasteiger partial charge in [0.2, 0.25) is 5.82 Å². The van der Waals surface area contributed by atoms with E-state index >= 15 is 0 Å². The van der Waals surface area contributed by atoms with Crippen LogP contribution in [0.4, 0.5) is 24.8 Å². The molecule has 0 spiro atoms. The van der Waals surface area contributed by atoms with E-state index < -0.39 is 12.0 Å². The largest absolute Gasteiger partial charge is 0.451 e. The van der Waals surface area contributed by atoms with Crippen LogP contribution in [-0.2, 0) is 12.7 Å². The van der Waals surface area contributed by atoms with Gasteiger partial charge in [-0.05, 0) is 17.7 Å². The predicted octanol–water partition coefficient (Wildman–Crippen LogP) is 2.11. The Morgan fingerprint density at radius 3 is 2.45 bits per heavy atom. The molecule has 0 aliphatic rings. The van der Waals surface area contributed by atoms with E-state index in [9.17, 15) is 13.2 Å². The summed E-state index contributed by atoms with van der Waals surface area (Å²) in [7, 11) is 1.63. The third kappa shape index (κ3) is 3.34.